The molecular weight excluding hydrogens is 414 g/mol. The number of phenols is 1. The second-order valence-electron chi connectivity index (χ2n) is 7.23. The fraction of sp³-hybridized carbons (Fsp3) is 0.0833. The van der Waals surface area contributed by atoms with Gasteiger partial charge in [-0.05, 0) is 35.9 Å². The molecule has 0 unspecified atom stereocenters. The number of halogens is 1. The highest BCUT2D eigenvalue weighted by molar-refractivity contribution is 6.33. The maximum atomic E-state index is 10.9. The molecule has 7 heteroatoms. The normalized spacial score (nSPS) is 11.3. The predicted octanol–water partition coefficient (Wildman–Crippen LogP) is 5.24. The molecule has 2 N–H and O–H groups in total. The van der Waals surface area contributed by atoms with Gasteiger partial charge in [-0.3, -0.25) is 4.40 Å². The Balaban J connectivity index is 1.70. The number of imidazole rings is 1. The van der Waals surface area contributed by atoms with E-state index in [1.807, 2.05) is 36.4 Å². The van der Waals surface area contributed by atoms with Gasteiger partial charge in [0.25, 0.3) is 0 Å². The Bertz CT molecular complexity index is 1360. The first-order valence-corrected chi connectivity index (χ1v) is 10.1. The van der Waals surface area contributed by atoms with Crippen LogP contribution in [0, 0.1) is 0 Å². The average Bonchev–Trinajstić information content (AvgIpc) is 3.40. The number of benzene rings is 2. The van der Waals surface area contributed by atoms with Crippen molar-refractivity contribution in [3.05, 3.63) is 101 Å². The number of rotatable bonds is 5. The maximum absolute atomic E-state index is 10.9. The third-order valence-corrected chi connectivity index (χ3v) is 5.41. The lowest BCUT2D eigenvalue weighted by Crippen LogP contribution is -2.01. The van der Waals surface area contributed by atoms with Gasteiger partial charge in [-0.2, -0.15) is 0 Å². The summed E-state index contributed by atoms with van der Waals surface area (Å²) in [7, 11) is 0. The van der Waals surface area contributed by atoms with Gasteiger partial charge in [-0.15, -0.1) is 0 Å². The van der Waals surface area contributed by atoms with E-state index in [9.17, 15) is 10.2 Å². The Labute approximate surface area is 183 Å². The molecule has 31 heavy (non-hydrogen) atoms. The molecule has 5 aromatic rings. The van der Waals surface area contributed by atoms with Crippen LogP contribution in [0.25, 0.3) is 16.9 Å². The van der Waals surface area contributed by atoms with Crippen molar-refractivity contribution in [1.29, 1.82) is 0 Å². The van der Waals surface area contributed by atoms with Gasteiger partial charge in [0.1, 0.15) is 17.2 Å². The molecule has 0 bridgehead atoms. The zero-order valence-electron chi connectivity index (χ0n) is 16.4. The summed E-state index contributed by atoms with van der Waals surface area (Å²) in [5, 5.41) is 21.3. The fourth-order valence-corrected chi connectivity index (χ4v) is 3.80. The van der Waals surface area contributed by atoms with Crippen molar-refractivity contribution >= 4 is 17.2 Å². The van der Waals surface area contributed by atoms with Crippen molar-refractivity contribution in [3.8, 4) is 22.9 Å². The molecule has 0 radical (unpaired) electrons. The minimum Gasteiger partial charge on any atom is -0.508 e. The van der Waals surface area contributed by atoms with Gasteiger partial charge in [0.2, 0.25) is 5.88 Å². The van der Waals surface area contributed by atoms with E-state index in [4.69, 9.17) is 21.0 Å². The van der Waals surface area contributed by atoms with Crippen LogP contribution in [-0.2, 0) is 12.8 Å². The molecule has 154 valence electrons. The van der Waals surface area contributed by atoms with E-state index in [1.165, 1.54) is 6.07 Å². The van der Waals surface area contributed by atoms with E-state index in [-0.39, 0.29) is 11.6 Å². The molecule has 6 nitrogen and oxygen atoms in total. The number of hydrogen-bond acceptors (Lipinski definition) is 5. The second kappa shape index (κ2) is 7.81. The zero-order valence-corrected chi connectivity index (χ0v) is 17.1. The molecule has 0 spiro atoms. The molecule has 0 saturated carbocycles. The van der Waals surface area contributed by atoms with Crippen LogP contribution in [0.5, 0.6) is 11.6 Å². The molecule has 0 fully saturated rings. The Morgan fingerprint density at radius 2 is 1.74 bits per heavy atom. The first-order chi connectivity index (χ1) is 15.1. The van der Waals surface area contributed by atoms with E-state index in [0.717, 1.165) is 5.56 Å². The molecular formula is C24H18ClN3O3. The van der Waals surface area contributed by atoms with Gasteiger partial charge in [-0.25, -0.2) is 9.97 Å². The Morgan fingerprint density at radius 3 is 2.52 bits per heavy atom. The molecule has 0 aliphatic rings. The summed E-state index contributed by atoms with van der Waals surface area (Å²) in [5.74, 6) is 0.799. The molecule has 0 amide bonds. The summed E-state index contributed by atoms with van der Waals surface area (Å²) in [5.41, 5.74) is 3.89. The van der Waals surface area contributed by atoms with Crippen molar-refractivity contribution in [2.24, 2.45) is 0 Å². The number of furan rings is 1. The lowest BCUT2D eigenvalue weighted by Gasteiger charge is -2.10. The number of fused-ring (bicyclic) bond motifs is 1. The summed E-state index contributed by atoms with van der Waals surface area (Å²) >= 11 is 6.38. The molecule has 3 heterocycles. The molecule has 0 atom stereocenters. The van der Waals surface area contributed by atoms with Crippen LogP contribution in [0.1, 0.15) is 22.7 Å². The van der Waals surface area contributed by atoms with Crippen molar-refractivity contribution in [1.82, 2.24) is 14.4 Å². The van der Waals surface area contributed by atoms with Gasteiger partial charge in [0.05, 0.1) is 29.1 Å². The van der Waals surface area contributed by atoms with Crippen LogP contribution in [0.2, 0.25) is 5.02 Å². The molecule has 2 aromatic carbocycles. The van der Waals surface area contributed by atoms with E-state index >= 15 is 0 Å². The number of aromatic hydroxyl groups is 2. The summed E-state index contributed by atoms with van der Waals surface area (Å²) in [4.78, 5) is 9.47. The van der Waals surface area contributed by atoms with Gasteiger partial charge in [-0.1, -0.05) is 41.9 Å². The van der Waals surface area contributed by atoms with E-state index in [1.54, 1.807) is 35.1 Å². The number of phenolic OH excluding ortho intramolecular Hbond substituents is 1. The number of aromatic nitrogens is 3. The largest absolute Gasteiger partial charge is 0.508 e. The van der Waals surface area contributed by atoms with Crippen LogP contribution in [-0.4, -0.2) is 24.6 Å². The summed E-state index contributed by atoms with van der Waals surface area (Å²) in [6, 6.07) is 18.2. The Kier molecular flexibility index (Phi) is 4.84. The van der Waals surface area contributed by atoms with Gasteiger partial charge < -0.3 is 14.6 Å². The number of nitrogens with zero attached hydrogens (tertiary/aromatic N) is 3. The predicted molar refractivity (Wildman–Crippen MR) is 118 cm³/mol. The van der Waals surface area contributed by atoms with E-state index < -0.39 is 0 Å². The quantitative estimate of drug-likeness (QED) is 0.398. The highest BCUT2D eigenvalue weighted by Crippen LogP contribution is 2.33. The topological polar surface area (TPSA) is 83.8 Å². The van der Waals surface area contributed by atoms with Gasteiger partial charge in [0, 0.05) is 18.2 Å². The third-order valence-electron chi connectivity index (χ3n) is 5.08. The van der Waals surface area contributed by atoms with Crippen LogP contribution in [0.3, 0.4) is 0 Å². The molecule has 0 aliphatic heterocycles. The van der Waals surface area contributed by atoms with E-state index in [2.05, 4.69) is 4.98 Å². The van der Waals surface area contributed by atoms with Crippen molar-refractivity contribution in [3.63, 3.8) is 0 Å². The summed E-state index contributed by atoms with van der Waals surface area (Å²) < 4.78 is 7.03. The van der Waals surface area contributed by atoms with Gasteiger partial charge >= 0.3 is 0 Å². The third kappa shape index (κ3) is 3.73. The van der Waals surface area contributed by atoms with Crippen molar-refractivity contribution in [2.75, 3.05) is 0 Å². The van der Waals surface area contributed by atoms with Crippen LogP contribution in [0.15, 0.2) is 77.5 Å². The van der Waals surface area contributed by atoms with Crippen LogP contribution >= 0.6 is 11.6 Å². The average molecular weight is 432 g/mol. The maximum Gasteiger partial charge on any atom is 0.219 e. The Morgan fingerprint density at radius 1 is 0.903 bits per heavy atom. The number of hydrogen-bond donors (Lipinski definition) is 2. The SMILES string of the molecule is Oc1ccc(Cl)c(-c2cn3c(O)c(Cc4ccco4)nc3c(Cc3ccccc3)n2)c1. The van der Waals surface area contributed by atoms with E-state index in [0.29, 0.717) is 51.9 Å². The lowest BCUT2D eigenvalue weighted by atomic mass is 10.1. The smallest absolute Gasteiger partial charge is 0.219 e. The van der Waals surface area contributed by atoms with Crippen molar-refractivity contribution in [2.45, 2.75) is 12.8 Å². The monoisotopic (exact) mass is 431 g/mol. The summed E-state index contributed by atoms with van der Waals surface area (Å²) in [6.07, 6.45) is 4.14. The van der Waals surface area contributed by atoms with Crippen LogP contribution in [0.4, 0.5) is 0 Å². The minimum absolute atomic E-state index is 0.0145. The zero-order chi connectivity index (χ0) is 21.4. The highest BCUT2D eigenvalue weighted by atomic mass is 35.5. The first kappa shape index (κ1) is 19.2. The van der Waals surface area contributed by atoms with Crippen molar-refractivity contribution < 1.29 is 14.6 Å². The van der Waals surface area contributed by atoms with Crippen LogP contribution < -0.4 is 0 Å². The molecule has 0 aliphatic carbocycles. The lowest BCUT2D eigenvalue weighted by molar-refractivity contribution is 0.438. The second-order valence-corrected chi connectivity index (χ2v) is 7.64. The molecule has 3 aromatic heterocycles. The molecule has 5 rings (SSSR count). The highest BCUT2D eigenvalue weighted by Gasteiger charge is 2.19. The summed E-state index contributed by atoms with van der Waals surface area (Å²) in [6.45, 7) is 0. The van der Waals surface area contributed by atoms with Gasteiger partial charge in [0.15, 0.2) is 5.65 Å². The fourth-order valence-electron chi connectivity index (χ4n) is 3.59. The molecule has 0 saturated heterocycles. The standard InChI is InChI=1S/C24H18ClN3O3/c25-19-9-8-16(29)12-18(19)22-14-28-23(20(26-22)11-15-5-2-1-3-6-15)27-21(24(28)30)13-17-7-4-10-31-17/h1-10,12,14,29-30H,11,13H2. The first-order valence-electron chi connectivity index (χ1n) is 9.73. The Hall–Kier alpha value is -3.77. The minimum atomic E-state index is 0.0145.